The van der Waals surface area contributed by atoms with E-state index in [1.807, 2.05) is 0 Å². The first-order chi connectivity index (χ1) is 6.42. The van der Waals surface area contributed by atoms with Crippen LogP contribution in [-0.2, 0) is 4.43 Å². The van der Waals surface area contributed by atoms with Crippen molar-refractivity contribution in [3.05, 3.63) is 41.5 Å². The van der Waals surface area contributed by atoms with Gasteiger partial charge in [0, 0.05) is 41.7 Å². The zero-order valence-electron chi connectivity index (χ0n) is 8.86. The van der Waals surface area contributed by atoms with Crippen molar-refractivity contribution in [1.82, 2.24) is 0 Å². The van der Waals surface area contributed by atoms with E-state index in [1.54, 1.807) is 0 Å². The van der Waals surface area contributed by atoms with Crippen LogP contribution in [0.3, 0.4) is 0 Å². The SMILES string of the molecule is CCO[SiH2]C1C=Cc2ccccc21.[Na]. The fourth-order valence-corrected chi connectivity index (χ4v) is 3.00. The maximum Gasteiger partial charge on any atom is 0.172 e. The summed E-state index contributed by atoms with van der Waals surface area (Å²) in [6, 6.07) is 8.59. The van der Waals surface area contributed by atoms with Crippen LogP contribution in [-0.4, -0.2) is 45.9 Å². The summed E-state index contributed by atoms with van der Waals surface area (Å²) in [5.74, 6) is 0. The van der Waals surface area contributed by atoms with Gasteiger partial charge in [-0.25, -0.2) is 0 Å². The van der Waals surface area contributed by atoms with Crippen molar-refractivity contribution in [2.45, 2.75) is 12.5 Å². The maximum absolute atomic E-state index is 5.56. The Morgan fingerprint density at radius 2 is 2.14 bits per heavy atom. The molecule has 0 saturated carbocycles. The van der Waals surface area contributed by atoms with Gasteiger partial charge in [0.15, 0.2) is 9.76 Å². The van der Waals surface area contributed by atoms with E-state index >= 15 is 0 Å². The first-order valence-corrected chi connectivity index (χ1v) is 6.16. The Morgan fingerprint density at radius 3 is 2.93 bits per heavy atom. The summed E-state index contributed by atoms with van der Waals surface area (Å²) in [7, 11) is -0.408. The molecule has 0 aromatic heterocycles. The molecule has 1 aliphatic carbocycles. The monoisotopic (exact) mass is 213 g/mol. The van der Waals surface area contributed by atoms with Crippen molar-refractivity contribution in [2.24, 2.45) is 0 Å². The Morgan fingerprint density at radius 1 is 1.36 bits per heavy atom. The van der Waals surface area contributed by atoms with E-state index in [1.165, 1.54) is 11.1 Å². The van der Waals surface area contributed by atoms with Crippen LogP contribution in [0.15, 0.2) is 30.3 Å². The van der Waals surface area contributed by atoms with Crippen molar-refractivity contribution < 1.29 is 4.43 Å². The smallest absolute Gasteiger partial charge is 0.172 e. The molecule has 0 N–H and O–H groups in total. The van der Waals surface area contributed by atoms with Crippen LogP contribution in [0.4, 0.5) is 0 Å². The average Bonchev–Trinajstić information content (AvgIpc) is 2.58. The van der Waals surface area contributed by atoms with Gasteiger partial charge < -0.3 is 4.43 Å². The summed E-state index contributed by atoms with van der Waals surface area (Å²) in [5.41, 5.74) is 3.44. The van der Waals surface area contributed by atoms with Crippen molar-refractivity contribution in [3.63, 3.8) is 0 Å². The number of benzene rings is 1. The molecule has 1 aromatic carbocycles. The van der Waals surface area contributed by atoms with Gasteiger partial charge in [0.1, 0.15) is 0 Å². The van der Waals surface area contributed by atoms with Gasteiger partial charge >= 0.3 is 0 Å². The Balaban J connectivity index is 0.000000980. The predicted octanol–water partition coefficient (Wildman–Crippen LogP) is 1.49. The minimum Gasteiger partial charge on any atom is -0.423 e. The van der Waals surface area contributed by atoms with Crippen molar-refractivity contribution in [3.8, 4) is 0 Å². The summed E-state index contributed by atoms with van der Waals surface area (Å²) >= 11 is 0. The van der Waals surface area contributed by atoms with Gasteiger partial charge in [0.2, 0.25) is 0 Å². The molecule has 0 spiro atoms. The molecule has 0 bridgehead atoms. The third kappa shape index (κ3) is 2.58. The summed E-state index contributed by atoms with van der Waals surface area (Å²) in [6.07, 6.45) is 4.50. The summed E-state index contributed by atoms with van der Waals surface area (Å²) in [6.45, 7) is 2.93. The summed E-state index contributed by atoms with van der Waals surface area (Å²) in [5, 5.41) is 0. The number of hydrogen-bond donors (Lipinski definition) is 0. The summed E-state index contributed by atoms with van der Waals surface area (Å²) in [4.78, 5) is 0. The molecule has 0 saturated heterocycles. The van der Waals surface area contributed by atoms with Crippen molar-refractivity contribution in [2.75, 3.05) is 6.61 Å². The third-order valence-corrected chi connectivity index (χ3v) is 4.12. The molecule has 1 nitrogen and oxygen atoms in total. The van der Waals surface area contributed by atoms with E-state index in [0.29, 0.717) is 5.54 Å². The van der Waals surface area contributed by atoms with Crippen molar-refractivity contribution in [1.29, 1.82) is 0 Å². The number of hydrogen-bond acceptors (Lipinski definition) is 1. The standard InChI is InChI=1S/C11H14OSi.Na/c1-2-12-13-11-8-7-9-5-3-4-6-10(9)11;/h3-8,11H,2,13H2,1H3;. The second-order valence-electron chi connectivity index (χ2n) is 3.25. The predicted molar refractivity (Wildman–Crippen MR) is 64.1 cm³/mol. The van der Waals surface area contributed by atoms with Crippen LogP contribution >= 0.6 is 0 Å². The van der Waals surface area contributed by atoms with Gasteiger partial charge in [-0.15, -0.1) is 0 Å². The van der Waals surface area contributed by atoms with Gasteiger partial charge in [-0.3, -0.25) is 0 Å². The molecule has 1 aromatic rings. The first-order valence-electron chi connectivity index (χ1n) is 4.76. The van der Waals surface area contributed by atoms with Gasteiger partial charge in [-0.2, -0.15) is 0 Å². The quantitative estimate of drug-likeness (QED) is 0.691. The Kier molecular flexibility index (Phi) is 5.13. The molecule has 69 valence electrons. The van der Waals surface area contributed by atoms with E-state index in [-0.39, 0.29) is 29.6 Å². The molecular weight excluding hydrogens is 199 g/mol. The molecule has 1 radical (unpaired) electrons. The van der Waals surface area contributed by atoms with Crippen LogP contribution in [0.2, 0.25) is 0 Å². The largest absolute Gasteiger partial charge is 0.423 e. The molecule has 0 fully saturated rings. The van der Waals surface area contributed by atoms with E-state index in [9.17, 15) is 0 Å². The van der Waals surface area contributed by atoms with Crippen LogP contribution in [0.25, 0.3) is 6.08 Å². The van der Waals surface area contributed by atoms with E-state index < -0.39 is 9.76 Å². The van der Waals surface area contributed by atoms with Crippen LogP contribution in [0, 0.1) is 0 Å². The minimum atomic E-state index is -0.408. The minimum absolute atomic E-state index is 0. The van der Waals surface area contributed by atoms with E-state index in [2.05, 4.69) is 43.3 Å². The molecule has 14 heavy (non-hydrogen) atoms. The normalized spacial score (nSPS) is 18.5. The second-order valence-corrected chi connectivity index (χ2v) is 4.88. The maximum atomic E-state index is 5.56. The fourth-order valence-electron chi connectivity index (χ4n) is 1.71. The molecule has 0 heterocycles. The third-order valence-electron chi connectivity index (χ3n) is 2.41. The number of allylic oxidation sites excluding steroid dienone is 1. The average molecular weight is 213 g/mol. The van der Waals surface area contributed by atoms with E-state index in [4.69, 9.17) is 4.43 Å². The molecule has 3 heteroatoms. The zero-order valence-corrected chi connectivity index (χ0v) is 12.3. The molecule has 1 atom stereocenters. The molecule has 1 unspecified atom stereocenters. The zero-order chi connectivity index (χ0) is 9.10. The molecule has 2 rings (SSSR count). The van der Waals surface area contributed by atoms with E-state index in [0.717, 1.165) is 6.61 Å². The fraction of sp³-hybridized carbons (Fsp3) is 0.273. The molecule has 0 amide bonds. The Labute approximate surface area is 110 Å². The van der Waals surface area contributed by atoms with Crippen LogP contribution in [0.5, 0.6) is 0 Å². The van der Waals surface area contributed by atoms with Gasteiger partial charge in [-0.05, 0) is 18.1 Å². The van der Waals surface area contributed by atoms with Gasteiger partial charge in [-0.1, -0.05) is 36.4 Å². The van der Waals surface area contributed by atoms with Gasteiger partial charge in [0.25, 0.3) is 0 Å². The summed E-state index contributed by atoms with van der Waals surface area (Å²) < 4.78 is 5.56. The van der Waals surface area contributed by atoms with Crippen LogP contribution < -0.4 is 0 Å². The first kappa shape index (κ1) is 12.2. The number of fused-ring (bicyclic) bond motifs is 1. The number of rotatable bonds is 3. The van der Waals surface area contributed by atoms with Gasteiger partial charge in [0.05, 0.1) is 0 Å². The molecular formula is C11H14NaOSi. The molecule has 0 aliphatic heterocycles. The van der Waals surface area contributed by atoms with Crippen LogP contribution in [0.1, 0.15) is 23.6 Å². The van der Waals surface area contributed by atoms with Crippen molar-refractivity contribution >= 4 is 45.4 Å². The molecule has 1 aliphatic rings. The topological polar surface area (TPSA) is 9.23 Å². The Hall–Kier alpha value is 0.137. The second kappa shape index (κ2) is 5.88. The Bertz CT molecular complexity index is 325.